The zero-order valence-corrected chi connectivity index (χ0v) is 14.7. The number of benzene rings is 1. The van der Waals surface area contributed by atoms with Gasteiger partial charge in [0.05, 0.1) is 12.6 Å². The van der Waals surface area contributed by atoms with E-state index in [4.69, 9.17) is 5.73 Å². The second-order valence-electron chi connectivity index (χ2n) is 5.41. The summed E-state index contributed by atoms with van der Waals surface area (Å²) in [5.74, 6) is -0.279. The van der Waals surface area contributed by atoms with Crippen molar-refractivity contribution < 1.29 is 9.90 Å². The molecule has 0 fully saturated rings. The fourth-order valence-corrected chi connectivity index (χ4v) is 2.93. The molecule has 0 aliphatic heterocycles. The van der Waals surface area contributed by atoms with Crippen LogP contribution in [-0.2, 0) is 11.3 Å². The van der Waals surface area contributed by atoms with Crippen LogP contribution >= 0.6 is 23.7 Å². The van der Waals surface area contributed by atoms with E-state index in [0.717, 1.165) is 11.1 Å². The van der Waals surface area contributed by atoms with Gasteiger partial charge in [0.2, 0.25) is 5.91 Å². The van der Waals surface area contributed by atoms with Crippen LogP contribution in [0, 0.1) is 5.92 Å². The Bertz CT molecular complexity index is 578. The second-order valence-corrected chi connectivity index (χ2v) is 6.19. The minimum absolute atomic E-state index is 0. The largest absolute Gasteiger partial charge is 0.387 e. The lowest BCUT2D eigenvalue weighted by molar-refractivity contribution is -0.136. The first-order valence-corrected chi connectivity index (χ1v) is 8.29. The molecule has 6 heteroatoms. The molecule has 0 spiro atoms. The van der Waals surface area contributed by atoms with E-state index in [2.05, 4.69) is 0 Å². The molecule has 2 unspecified atom stereocenters. The number of carbonyl (C=O) groups excluding carboxylic acids is 1. The van der Waals surface area contributed by atoms with Gasteiger partial charge in [-0.25, -0.2) is 0 Å². The molecule has 0 saturated carbocycles. The van der Waals surface area contributed by atoms with Gasteiger partial charge in [-0.3, -0.25) is 4.79 Å². The van der Waals surface area contributed by atoms with Crippen LogP contribution in [0.25, 0.3) is 0 Å². The lowest BCUT2D eigenvalue weighted by atomic mass is 10.1. The van der Waals surface area contributed by atoms with Crippen molar-refractivity contribution in [2.75, 3.05) is 13.1 Å². The molecular weight excluding hydrogens is 332 g/mol. The number of amides is 1. The van der Waals surface area contributed by atoms with Crippen molar-refractivity contribution in [2.45, 2.75) is 19.6 Å². The molecule has 1 amide bonds. The highest BCUT2D eigenvalue weighted by Gasteiger charge is 2.23. The average molecular weight is 355 g/mol. The summed E-state index contributed by atoms with van der Waals surface area (Å²) in [5, 5.41) is 14.2. The summed E-state index contributed by atoms with van der Waals surface area (Å²) in [6.45, 7) is 2.87. The summed E-state index contributed by atoms with van der Waals surface area (Å²) < 4.78 is 0. The van der Waals surface area contributed by atoms with Crippen molar-refractivity contribution in [1.82, 2.24) is 4.90 Å². The van der Waals surface area contributed by atoms with Crippen molar-refractivity contribution in [3.05, 3.63) is 58.3 Å². The Kier molecular flexibility index (Phi) is 8.26. The Morgan fingerprint density at radius 2 is 2.00 bits per heavy atom. The molecule has 4 nitrogen and oxygen atoms in total. The Morgan fingerprint density at radius 3 is 2.57 bits per heavy atom. The van der Waals surface area contributed by atoms with Gasteiger partial charge in [0.1, 0.15) is 0 Å². The van der Waals surface area contributed by atoms with Gasteiger partial charge >= 0.3 is 0 Å². The molecule has 0 bridgehead atoms. The van der Waals surface area contributed by atoms with E-state index in [1.54, 1.807) is 4.90 Å². The number of nitrogens with zero attached hydrogens (tertiary/aromatic N) is 1. The maximum atomic E-state index is 12.5. The fraction of sp³-hybridized carbons (Fsp3) is 0.353. The third kappa shape index (κ3) is 5.62. The Labute approximate surface area is 147 Å². The topological polar surface area (TPSA) is 66.6 Å². The molecular formula is C17H23ClN2O2S. The number of aliphatic hydroxyl groups is 1. The maximum Gasteiger partial charge on any atom is 0.227 e. The van der Waals surface area contributed by atoms with Crippen LogP contribution in [0.2, 0.25) is 0 Å². The molecule has 1 aromatic heterocycles. The zero-order valence-electron chi connectivity index (χ0n) is 13.1. The number of hydrogen-bond acceptors (Lipinski definition) is 4. The lowest BCUT2D eigenvalue weighted by Crippen LogP contribution is -2.39. The number of nitrogens with two attached hydrogens (primary N) is 1. The summed E-state index contributed by atoms with van der Waals surface area (Å²) in [6.07, 6.45) is -0.677. The number of rotatable bonds is 7. The Balaban J connectivity index is 0.00000264. The van der Waals surface area contributed by atoms with Gasteiger partial charge in [-0.2, -0.15) is 11.3 Å². The third-order valence-corrected chi connectivity index (χ3v) is 4.33. The van der Waals surface area contributed by atoms with Gasteiger partial charge in [0.15, 0.2) is 0 Å². The van der Waals surface area contributed by atoms with Crippen molar-refractivity contribution in [2.24, 2.45) is 11.7 Å². The lowest BCUT2D eigenvalue weighted by Gasteiger charge is -2.27. The quantitative estimate of drug-likeness (QED) is 0.803. The van der Waals surface area contributed by atoms with E-state index in [9.17, 15) is 9.90 Å². The molecule has 2 rings (SSSR count). The first-order chi connectivity index (χ1) is 10.6. The molecule has 126 valence electrons. The van der Waals surface area contributed by atoms with Crippen LogP contribution in [-0.4, -0.2) is 29.0 Å². The van der Waals surface area contributed by atoms with Gasteiger partial charge in [0, 0.05) is 19.0 Å². The second kappa shape index (κ2) is 9.67. The minimum atomic E-state index is -0.677. The normalized spacial score (nSPS) is 13.0. The van der Waals surface area contributed by atoms with Crippen molar-refractivity contribution in [1.29, 1.82) is 0 Å². The molecule has 2 atom stereocenters. The number of aliphatic hydroxyl groups excluding tert-OH is 1. The monoisotopic (exact) mass is 354 g/mol. The van der Waals surface area contributed by atoms with Crippen LogP contribution in [0.15, 0.2) is 47.2 Å². The number of thiophene rings is 1. The van der Waals surface area contributed by atoms with E-state index in [0.29, 0.717) is 13.1 Å². The predicted molar refractivity (Wildman–Crippen MR) is 96.6 cm³/mol. The smallest absolute Gasteiger partial charge is 0.227 e. The van der Waals surface area contributed by atoms with Crippen molar-refractivity contribution in [3.8, 4) is 0 Å². The highest BCUT2D eigenvalue weighted by Crippen LogP contribution is 2.19. The van der Waals surface area contributed by atoms with Crippen LogP contribution in [0.3, 0.4) is 0 Å². The molecule has 23 heavy (non-hydrogen) atoms. The average Bonchev–Trinajstić information content (AvgIpc) is 3.08. The standard InChI is InChI=1S/C17H22N2O2S.ClH/c1-13(9-18)17(21)19(10-14-5-3-2-4-6-14)11-16(20)15-7-8-22-12-15;/h2-8,12-13,16,20H,9-11,18H2,1H3;1H. The highest BCUT2D eigenvalue weighted by atomic mass is 35.5. The van der Waals surface area contributed by atoms with Crippen LogP contribution < -0.4 is 5.73 Å². The van der Waals surface area contributed by atoms with E-state index in [-0.39, 0.29) is 30.8 Å². The van der Waals surface area contributed by atoms with E-state index in [1.165, 1.54) is 11.3 Å². The summed E-state index contributed by atoms with van der Waals surface area (Å²) in [5.41, 5.74) is 7.50. The molecule has 1 heterocycles. The van der Waals surface area contributed by atoms with Crippen molar-refractivity contribution in [3.63, 3.8) is 0 Å². The first-order valence-electron chi connectivity index (χ1n) is 7.34. The first kappa shape index (κ1) is 19.6. The van der Waals surface area contributed by atoms with Gasteiger partial charge in [0.25, 0.3) is 0 Å². The van der Waals surface area contributed by atoms with Crippen LogP contribution in [0.5, 0.6) is 0 Å². The molecule has 1 aromatic carbocycles. The Morgan fingerprint density at radius 1 is 1.30 bits per heavy atom. The predicted octanol–water partition coefficient (Wildman–Crippen LogP) is 2.83. The third-order valence-electron chi connectivity index (χ3n) is 3.62. The SMILES string of the molecule is CC(CN)C(=O)N(Cc1ccccc1)CC(O)c1ccsc1.Cl. The summed E-state index contributed by atoms with van der Waals surface area (Å²) in [7, 11) is 0. The van der Waals surface area contributed by atoms with Gasteiger partial charge < -0.3 is 15.7 Å². The van der Waals surface area contributed by atoms with Gasteiger partial charge in [-0.1, -0.05) is 37.3 Å². The number of carbonyl (C=O) groups is 1. The number of hydrogen-bond donors (Lipinski definition) is 2. The Hall–Kier alpha value is -1.40. The van der Waals surface area contributed by atoms with Gasteiger partial charge in [-0.05, 0) is 28.0 Å². The molecule has 0 aliphatic carbocycles. The van der Waals surface area contributed by atoms with E-state index in [1.807, 2.05) is 54.1 Å². The summed E-state index contributed by atoms with van der Waals surface area (Å²) >= 11 is 1.53. The summed E-state index contributed by atoms with van der Waals surface area (Å²) in [4.78, 5) is 14.2. The maximum absolute atomic E-state index is 12.5. The minimum Gasteiger partial charge on any atom is -0.387 e. The number of halogens is 1. The zero-order chi connectivity index (χ0) is 15.9. The molecule has 0 radical (unpaired) electrons. The highest BCUT2D eigenvalue weighted by molar-refractivity contribution is 7.07. The van der Waals surface area contributed by atoms with Crippen LogP contribution in [0.1, 0.15) is 24.2 Å². The summed E-state index contributed by atoms with van der Waals surface area (Å²) in [6, 6.07) is 11.7. The van der Waals surface area contributed by atoms with Crippen LogP contribution in [0.4, 0.5) is 0 Å². The molecule has 2 aromatic rings. The molecule has 3 N–H and O–H groups in total. The fourth-order valence-electron chi connectivity index (χ4n) is 2.23. The van der Waals surface area contributed by atoms with Gasteiger partial charge in [-0.15, -0.1) is 12.4 Å². The van der Waals surface area contributed by atoms with E-state index < -0.39 is 6.10 Å². The molecule has 0 saturated heterocycles. The van der Waals surface area contributed by atoms with E-state index >= 15 is 0 Å². The molecule has 0 aliphatic rings. The van der Waals surface area contributed by atoms with Crippen molar-refractivity contribution >= 4 is 29.7 Å².